The number of non-ortho nitro benzene ring substituents is 1. The second-order valence-electron chi connectivity index (χ2n) is 2.99. The molecule has 1 heterocycles. The number of thiazole rings is 1. The highest BCUT2D eigenvalue weighted by molar-refractivity contribution is 7.14. The summed E-state index contributed by atoms with van der Waals surface area (Å²) in [6, 6.07) is 6.32. The number of anilines is 1. The van der Waals surface area contributed by atoms with Gasteiger partial charge in [0, 0.05) is 23.1 Å². The van der Waals surface area contributed by atoms with Crippen molar-refractivity contribution in [1.82, 2.24) is 4.98 Å². The molecule has 7 heteroatoms. The molecule has 1 aromatic heterocycles. The molecule has 0 unspecified atom stereocenters. The predicted molar refractivity (Wildman–Crippen MR) is 62.0 cm³/mol. The molecule has 0 radical (unpaired) electrons. The minimum absolute atomic E-state index is 0.0488. The van der Waals surface area contributed by atoms with Crippen LogP contribution in [0.5, 0.6) is 0 Å². The van der Waals surface area contributed by atoms with E-state index in [2.05, 4.69) is 10.4 Å². The number of nitro groups is 1. The highest BCUT2D eigenvalue weighted by Gasteiger charge is 2.09. The Kier molecular flexibility index (Phi) is 2.80. The Hall–Kier alpha value is -1.99. The zero-order chi connectivity index (χ0) is 11.5. The maximum Gasteiger partial charge on any atom is 0.270 e. The molecule has 82 valence electrons. The third-order valence-electron chi connectivity index (χ3n) is 1.98. The number of nitrogens with zero attached hydrogens (tertiary/aromatic N) is 2. The number of aromatic nitrogens is 1. The molecule has 0 atom stereocenters. The largest absolute Gasteiger partial charge is 0.300 e. The molecule has 2 aromatic rings. The van der Waals surface area contributed by atoms with Crippen molar-refractivity contribution in [3.63, 3.8) is 0 Å². The third kappa shape index (κ3) is 2.00. The summed E-state index contributed by atoms with van der Waals surface area (Å²) in [5.41, 5.74) is 3.85. The summed E-state index contributed by atoms with van der Waals surface area (Å²) in [5, 5.41) is 13.0. The van der Waals surface area contributed by atoms with E-state index < -0.39 is 4.92 Å². The molecule has 2 rings (SSSR count). The Morgan fingerprint density at radius 3 is 2.94 bits per heavy atom. The van der Waals surface area contributed by atoms with Crippen LogP contribution in [0.1, 0.15) is 0 Å². The maximum absolute atomic E-state index is 10.6. The second kappa shape index (κ2) is 4.25. The first-order valence-corrected chi connectivity index (χ1v) is 5.25. The van der Waals surface area contributed by atoms with Gasteiger partial charge in [-0.3, -0.25) is 15.5 Å². The van der Waals surface area contributed by atoms with Crippen LogP contribution >= 0.6 is 11.3 Å². The molecular weight excluding hydrogens is 228 g/mol. The molecule has 0 saturated carbocycles. The monoisotopic (exact) mass is 236 g/mol. The average molecular weight is 236 g/mol. The lowest BCUT2D eigenvalue weighted by atomic mass is 10.1. The van der Waals surface area contributed by atoms with Gasteiger partial charge in [-0.2, -0.15) is 0 Å². The smallest absolute Gasteiger partial charge is 0.270 e. The Morgan fingerprint density at radius 1 is 1.50 bits per heavy atom. The molecular formula is C9H8N4O2S. The van der Waals surface area contributed by atoms with Crippen LogP contribution in [0, 0.1) is 10.1 Å². The van der Waals surface area contributed by atoms with E-state index in [0.717, 1.165) is 0 Å². The van der Waals surface area contributed by atoms with Crippen molar-refractivity contribution in [2.75, 3.05) is 5.43 Å². The first-order chi connectivity index (χ1) is 7.70. The summed E-state index contributed by atoms with van der Waals surface area (Å²) in [5.74, 6) is 5.21. The number of hydrazine groups is 1. The summed E-state index contributed by atoms with van der Waals surface area (Å²) in [4.78, 5) is 14.3. The predicted octanol–water partition coefficient (Wildman–Crippen LogP) is 2.00. The number of rotatable bonds is 3. The van der Waals surface area contributed by atoms with E-state index in [9.17, 15) is 10.1 Å². The zero-order valence-electron chi connectivity index (χ0n) is 8.08. The molecule has 0 aliphatic carbocycles. The molecule has 3 N–H and O–H groups in total. The van der Waals surface area contributed by atoms with Gasteiger partial charge in [-0.05, 0) is 0 Å². The lowest BCUT2D eigenvalue weighted by Gasteiger charge is -1.96. The maximum atomic E-state index is 10.6. The first kappa shape index (κ1) is 10.5. The van der Waals surface area contributed by atoms with Crippen molar-refractivity contribution in [3.05, 3.63) is 39.8 Å². The number of nitrogen functional groups attached to an aromatic ring is 1. The number of hydrogen-bond acceptors (Lipinski definition) is 6. The van der Waals surface area contributed by atoms with Crippen molar-refractivity contribution in [2.45, 2.75) is 0 Å². The lowest BCUT2D eigenvalue weighted by Crippen LogP contribution is -2.05. The SMILES string of the molecule is NNc1nc(-c2cccc([N+](=O)[O-])c2)cs1. The van der Waals surface area contributed by atoms with Crippen LogP contribution in [0.25, 0.3) is 11.3 Å². The minimum atomic E-state index is -0.433. The molecule has 16 heavy (non-hydrogen) atoms. The third-order valence-corrected chi connectivity index (χ3v) is 2.75. The lowest BCUT2D eigenvalue weighted by molar-refractivity contribution is -0.384. The number of nitrogens with two attached hydrogens (primary N) is 1. The molecule has 0 aliphatic rings. The highest BCUT2D eigenvalue weighted by atomic mass is 32.1. The van der Waals surface area contributed by atoms with Crippen LogP contribution in [0.4, 0.5) is 10.8 Å². The van der Waals surface area contributed by atoms with Crippen molar-refractivity contribution in [2.24, 2.45) is 5.84 Å². The number of nitrogens with one attached hydrogen (secondary N) is 1. The van der Waals surface area contributed by atoms with Gasteiger partial charge in [0.05, 0.1) is 10.6 Å². The van der Waals surface area contributed by atoms with Crippen molar-refractivity contribution in [3.8, 4) is 11.3 Å². The van der Waals surface area contributed by atoms with Crippen LogP contribution in [0.3, 0.4) is 0 Å². The van der Waals surface area contributed by atoms with E-state index >= 15 is 0 Å². The van der Waals surface area contributed by atoms with Crippen molar-refractivity contribution < 1.29 is 4.92 Å². The van der Waals surface area contributed by atoms with Gasteiger partial charge in [0.15, 0.2) is 5.13 Å². The van der Waals surface area contributed by atoms with E-state index in [-0.39, 0.29) is 5.69 Å². The summed E-state index contributed by atoms with van der Waals surface area (Å²) < 4.78 is 0. The van der Waals surface area contributed by atoms with Crippen LogP contribution in [-0.2, 0) is 0 Å². The first-order valence-electron chi connectivity index (χ1n) is 4.37. The second-order valence-corrected chi connectivity index (χ2v) is 3.85. The standard InChI is InChI=1S/C9H8N4O2S/c10-12-9-11-8(5-16-9)6-2-1-3-7(4-6)13(14)15/h1-5H,10H2,(H,11,12). The summed E-state index contributed by atoms with van der Waals surface area (Å²) >= 11 is 1.34. The molecule has 0 spiro atoms. The van der Waals surface area contributed by atoms with Gasteiger partial charge in [0.2, 0.25) is 0 Å². The fraction of sp³-hybridized carbons (Fsp3) is 0. The van der Waals surface area contributed by atoms with Gasteiger partial charge in [0.25, 0.3) is 5.69 Å². The Bertz CT molecular complexity index is 526. The summed E-state index contributed by atoms with van der Waals surface area (Å²) in [7, 11) is 0. The number of benzene rings is 1. The van der Waals surface area contributed by atoms with E-state index in [1.807, 2.05) is 0 Å². The Morgan fingerprint density at radius 2 is 2.31 bits per heavy atom. The van der Waals surface area contributed by atoms with Crippen molar-refractivity contribution in [1.29, 1.82) is 0 Å². The van der Waals surface area contributed by atoms with Crippen LogP contribution < -0.4 is 11.3 Å². The van der Waals surface area contributed by atoms with Gasteiger partial charge < -0.3 is 0 Å². The van der Waals surface area contributed by atoms with Crippen LogP contribution in [-0.4, -0.2) is 9.91 Å². The van der Waals surface area contributed by atoms with E-state index in [0.29, 0.717) is 16.4 Å². The van der Waals surface area contributed by atoms with Gasteiger partial charge >= 0.3 is 0 Å². The molecule has 6 nitrogen and oxygen atoms in total. The number of hydrogen-bond donors (Lipinski definition) is 2. The highest BCUT2D eigenvalue weighted by Crippen LogP contribution is 2.26. The molecule has 0 amide bonds. The topological polar surface area (TPSA) is 94.1 Å². The Balaban J connectivity index is 2.40. The van der Waals surface area contributed by atoms with Gasteiger partial charge in [-0.25, -0.2) is 10.8 Å². The van der Waals surface area contributed by atoms with E-state index in [1.165, 1.54) is 23.5 Å². The molecule has 1 aromatic carbocycles. The summed E-state index contributed by atoms with van der Waals surface area (Å²) in [6.07, 6.45) is 0. The fourth-order valence-electron chi connectivity index (χ4n) is 1.25. The number of nitro benzene ring substituents is 1. The van der Waals surface area contributed by atoms with Crippen LogP contribution in [0.2, 0.25) is 0 Å². The summed E-state index contributed by atoms with van der Waals surface area (Å²) in [6.45, 7) is 0. The van der Waals surface area contributed by atoms with E-state index in [4.69, 9.17) is 5.84 Å². The van der Waals surface area contributed by atoms with Gasteiger partial charge in [-0.15, -0.1) is 11.3 Å². The van der Waals surface area contributed by atoms with Gasteiger partial charge in [0.1, 0.15) is 0 Å². The van der Waals surface area contributed by atoms with Gasteiger partial charge in [-0.1, -0.05) is 12.1 Å². The van der Waals surface area contributed by atoms with Crippen molar-refractivity contribution >= 4 is 22.2 Å². The van der Waals surface area contributed by atoms with Crippen LogP contribution in [0.15, 0.2) is 29.6 Å². The normalized spacial score (nSPS) is 10.1. The minimum Gasteiger partial charge on any atom is -0.300 e. The molecule has 0 aliphatic heterocycles. The Labute approximate surface area is 94.9 Å². The zero-order valence-corrected chi connectivity index (χ0v) is 8.90. The molecule has 0 bridgehead atoms. The van der Waals surface area contributed by atoms with E-state index in [1.54, 1.807) is 17.5 Å². The fourth-order valence-corrected chi connectivity index (χ4v) is 1.88. The molecule has 0 fully saturated rings. The molecule has 0 saturated heterocycles. The average Bonchev–Trinajstić information content (AvgIpc) is 2.77. The quantitative estimate of drug-likeness (QED) is 0.483.